The first-order valence-corrected chi connectivity index (χ1v) is 10.3. The van der Waals surface area contributed by atoms with E-state index in [1.54, 1.807) is 6.92 Å². The first kappa shape index (κ1) is 26.6. The smallest absolute Gasteiger partial charge is 0.311 e. The van der Waals surface area contributed by atoms with Gasteiger partial charge in [0.15, 0.2) is 0 Å². The van der Waals surface area contributed by atoms with Crippen LogP contribution in [0, 0.1) is 5.41 Å². The first-order valence-electron chi connectivity index (χ1n) is 10.3. The van der Waals surface area contributed by atoms with Crippen molar-refractivity contribution < 1.29 is 14.6 Å². The standard InChI is InChI=1S/C12H27N.C9H18O3/c1-4-7-10-13(11-8-5-2)12-9-6-3;1-5-9(3,4)8(11)12-6-7(2)10/h4-12H2,1-3H3;7,10H,5-6H2,1-4H3. The van der Waals surface area contributed by atoms with E-state index in [1.165, 1.54) is 58.2 Å². The quantitative estimate of drug-likeness (QED) is 0.468. The highest BCUT2D eigenvalue weighted by Gasteiger charge is 2.27. The SMILES string of the molecule is CCC(C)(C)C(=O)OCC(C)O.CCCCN(CCCC)CCCC. The van der Waals surface area contributed by atoms with Gasteiger partial charge in [0, 0.05) is 0 Å². The summed E-state index contributed by atoms with van der Waals surface area (Å²) in [7, 11) is 0. The molecule has 0 amide bonds. The van der Waals surface area contributed by atoms with Gasteiger partial charge >= 0.3 is 5.97 Å². The average molecular weight is 360 g/mol. The van der Waals surface area contributed by atoms with Crippen molar-refractivity contribution in [2.75, 3.05) is 26.2 Å². The number of esters is 1. The second-order valence-electron chi connectivity index (χ2n) is 7.59. The maximum Gasteiger partial charge on any atom is 0.311 e. The number of hydrogen-bond acceptors (Lipinski definition) is 4. The van der Waals surface area contributed by atoms with Crippen molar-refractivity contribution in [3.8, 4) is 0 Å². The predicted octanol–water partition coefficient (Wildman–Crippen LogP) is 5.04. The summed E-state index contributed by atoms with van der Waals surface area (Å²) in [6, 6.07) is 0. The van der Waals surface area contributed by atoms with Crippen LogP contribution in [0.2, 0.25) is 0 Å². The number of carbonyl (C=O) groups is 1. The molecule has 0 aliphatic heterocycles. The number of unbranched alkanes of at least 4 members (excludes halogenated alkanes) is 3. The van der Waals surface area contributed by atoms with Crippen molar-refractivity contribution in [2.24, 2.45) is 5.41 Å². The molecule has 0 spiro atoms. The molecule has 0 saturated carbocycles. The predicted molar refractivity (Wildman–Crippen MR) is 108 cm³/mol. The highest BCUT2D eigenvalue weighted by molar-refractivity contribution is 5.75. The van der Waals surface area contributed by atoms with Crippen molar-refractivity contribution >= 4 is 5.97 Å². The molecule has 0 rings (SSSR count). The van der Waals surface area contributed by atoms with E-state index >= 15 is 0 Å². The van der Waals surface area contributed by atoms with Crippen LogP contribution in [0.15, 0.2) is 0 Å². The van der Waals surface area contributed by atoms with E-state index in [4.69, 9.17) is 9.84 Å². The molecule has 1 atom stereocenters. The summed E-state index contributed by atoms with van der Waals surface area (Å²) in [5.41, 5.74) is -0.436. The van der Waals surface area contributed by atoms with Gasteiger partial charge in [0.05, 0.1) is 11.5 Å². The lowest BCUT2D eigenvalue weighted by Crippen LogP contribution is -2.28. The molecule has 0 aromatic rings. The van der Waals surface area contributed by atoms with Crippen molar-refractivity contribution in [1.82, 2.24) is 4.90 Å². The van der Waals surface area contributed by atoms with Crippen LogP contribution in [0.3, 0.4) is 0 Å². The molecule has 0 heterocycles. The molecular weight excluding hydrogens is 314 g/mol. The first-order chi connectivity index (χ1) is 11.7. The molecule has 0 radical (unpaired) electrons. The number of aliphatic hydroxyl groups excluding tert-OH is 1. The normalized spacial score (nSPS) is 12.5. The number of hydrogen-bond donors (Lipinski definition) is 1. The average Bonchev–Trinajstić information content (AvgIpc) is 2.59. The Labute approximate surface area is 157 Å². The molecule has 25 heavy (non-hydrogen) atoms. The van der Waals surface area contributed by atoms with Crippen LogP contribution < -0.4 is 0 Å². The van der Waals surface area contributed by atoms with Crippen LogP contribution in [-0.2, 0) is 9.53 Å². The van der Waals surface area contributed by atoms with Gasteiger partial charge in [-0.25, -0.2) is 0 Å². The molecule has 152 valence electrons. The van der Waals surface area contributed by atoms with E-state index in [2.05, 4.69) is 25.7 Å². The molecule has 0 bridgehead atoms. The monoisotopic (exact) mass is 359 g/mol. The fraction of sp³-hybridized carbons (Fsp3) is 0.952. The highest BCUT2D eigenvalue weighted by Crippen LogP contribution is 2.21. The lowest BCUT2D eigenvalue weighted by Gasteiger charge is -2.21. The maximum absolute atomic E-state index is 11.3. The summed E-state index contributed by atoms with van der Waals surface area (Å²) in [4.78, 5) is 13.9. The van der Waals surface area contributed by atoms with Crippen LogP contribution in [0.5, 0.6) is 0 Å². The van der Waals surface area contributed by atoms with Crippen LogP contribution in [-0.4, -0.2) is 48.3 Å². The molecule has 0 aromatic heterocycles. The Kier molecular flexibility index (Phi) is 17.9. The van der Waals surface area contributed by atoms with Gasteiger partial charge in [-0.2, -0.15) is 0 Å². The van der Waals surface area contributed by atoms with Crippen molar-refractivity contribution in [3.63, 3.8) is 0 Å². The molecule has 4 nitrogen and oxygen atoms in total. The van der Waals surface area contributed by atoms with Gasteiger partial charge < -0.3 is 14.7 Å². The molecule has 1 unspecified atom stereocenters. The summed E-state index contributed by atoms with van der Waals surface area (Å²) in [5, 5.41) is 8.86. The van der Waals surface area contributed by atoms with Crippen LogP contribution in [0.25, 0.3) is 0 Å². The summed E-state index contributed by atoms with van der Waals surface area (Å²) in [6.07, 6.45) is 8.25. The Hall–Kier alpha value is -0.610. The molecule has 0 aromatic carbocycles. The van der Waals surface area contributed by atoms with Gasteiger partial charge in [-0.1, -0.05) is 47.0 Å². The number of nitrogens with zero attached hydrogens (tertiary/aromatic N) is 1. The van der Waals surface area contributed by atoms with E-state index in [-0.39, 0.29) is 12.6 Å². The topological polar surface area (TPSA) is 49.8 Å². The second kappa shape index (κ2) is 16.8. The number of carbonyl (C=O) groups excluding carboxylic acids is 1. The lowest BCUT2D eigenvalue weighted by molar-refractivity contribution is -0.156. The molecular formula is C21H45NO3. The Bertz CT molecular complexity index is 284. The fourth-order valence-electron chi connectivity index (χ4n) is 2.02. The minimum atomic E-state index is -0.582. The second-order valence-corrected chi connectivity index (χ2v) is 7.59. The van der Waals surface area contributed by atoms with Crippen LogP contribution >= 0.6 is 0 Å². The largest absolute Gasteiger partial charge is 0.463 e. The van der Waals surface area contributed by atoms with Gasteiger partial charge in [0.2, 0.25) is 0 Å². The minimum Gasteiger partial charge on any atom is -0.463 e. The lowest BCUT2D eigenvalue weighted by atomic mass is 9.91. The molecule has 1 N–H and O–H groups in total. The van der Waals surface area contributed by atoms with Crippen LogP contribution in [0.4, 0.5) is 0 Å². The third-order valence-corrected chi connectivity index (χ3v) is 4.38. The van der Waals surface area contributed by atoms with Crippen molar-refractivity contribution in [1.29, 1.82) is 0 Å². The Morgan fingerprint density at radius 1 is 0.960 bits per heavy atom. The molecule has 0 aliphatic carbocycles. The fourth-order valence-corrected chi connectivity index (χ4v) is 2.02. The van der Waals surface area contributed by atoms with Gasteiger partial charge in [0.1, 0.15) is 6.61 Å². The molecule has 4 heteroatoms. The van der Waals surface area contributed by atoms with Gasteiger partial charge in [-0.3, -0.25) is 4.79 Å². The van der Waals surface area contributed by atoms with Gasteiger partial charge in [0.25, 0.3) is 0 Å². The zero-order chi connectivity index (χ0) is 19.7. The molecule has 0 saturated heterocycles. The Morgan fingerprint density at radius 3 is 1.64 bits per heavy atom. The number of rotatable bonds is 13. The van der Waals surface area contributed by atoms with Crippen molar-refractivity contribution in [2.45, 2.75) is 99.5 Å². The Balaban J connectivity index is 0. The summed E-state index contributed by atoms with van der Waals surface area (Å²) < 4.78 is 4.87. The molecule has 0 aliphatic rings. The third kappa shape index (κ3) is 16.6. The highest BCUT2D eigenvalue weighted by atomic mass is 16.5. The Morgan fingerprint density at radius 2 is 1.36 bits per heavy atom. The zero-order valence-electron chi connectivity index (χ0n) is 18.1. The van der Waals surface area contributed by atoms with E-state index in [0.717, 1.165) is 6.42 Å². The number of aliphatic hydroxyl groups is 1. The van der Waals surface area contributed by atoms with Gasteiger partial charge in [-0.15, -0.1) is 0 Å². The zero-order valence-corrected chi connectivity index (χ0v) is 18.1. The van der Waals surface area contributed by atoms with E-state index in [9.17, 15) is 4.79 Å². The van der Waals surface area contributed by atoms with E-state index in [1.807, 2.05) is 20.8 Å². The van der Waals surface area contributed by atoms with Crippen molar-refractivity contribution in [3.05, 3.63) is 0 Å². The minimum absolute atomic E-state index is 0.0856. The van der Waals surface area contributed by atoms with E-state index < -0.39 is 11.5 Å². The summed E-state index contributed by atoms with van der Waals surface area (Å²) in [6.45, 7) is 18.0. The maximum atomic E-state index is 11.3. The van der Waals surface area contributed by atoms with Crippen LogP contribution in [0.1, 0.15) is 93.4 Å². The summed E-state index contributed by atoms with van der Waals surface area (Å²) >= 11 is 0. The van der Waals surface area contributed by atoms with E-state index in [0.29, 0.717) is 0 Å². The third-order valence-electron chi connectivity index (χ3n) is 4.38. The number of ether oxygens (including phenoxy) is 1. The molecule has 0 fully saturated rings. The summed E-state index contributed by atoms with van der Waals surface area (Å²) in [5.74, 6) is -0.245. The van der Waals surface area contributed by atoms with Gasteiger partial charge in [-0.05, 0) is 66.1 Å².